The maximum absolute atomic E-state index is 14.6. The number of nitrogens with zero attached hydrogens (tertiary/aromatic N) is 4. The van der Waals surface area contributed by atoms with Gasteiger partial charge in [0.15, 0.2) is 0 Å². The number of carbonyl (C=O) groups excluding carboxylic acids is 1. The summed E-state index contributed by atoms with van der Waals surface area (Å²) in [6.45, 7) is 5.58. The van der Waals surface area contributed by atoms with Crippen molar-refractivity contribution in [1.29, 1.82) is 5.26 Å². The minimum Gasteiger partial charge on any atom is -0.364 e. The lowest BCUT2D eigenvalue weighted by atomic mass is 10.0. The molecule has 0 spiro atoms. The number of amides is 1. The zero-order valence-electron chi connectivity index (χ0n) is 17.5. The number of fused-ring (bicyclic) bond motifs is 1. The first kappa shape index (κ1) is 23.1. The van der Waals surface area contributed by atoms with Crippen molar-refractivity contribution in [2.24, 2.45) is 0 Å². The fraction of sp³-hybridized carbons (Fsp3) is 0.318. The lowest BCUT2D eigenvalue weighted by molar-refractivity contribution is -0.137. The first-order valence-electron chi connectivity index (χ1n) is 9.75. The third-order valence-corrected chi connectivity index (χ3v) is 5.18. The van der Waals surface area contributed by atoms with Gasteiger partial charge in [0.25, 0.3) is 0 Å². The van der Waals surface area contributed by atoms with Crippen LogP contribution < -0.4 is 15.1 Å². The summed E-state index contributed by atoms with van der Waals surface area (Å²) < 4.78 is 54.9. The van der Waals surface area contributed by atoms with E-state index < -0.39 is 35.1 Å². The Bertz CT molecular complexity index is 1090. The Labute approximate surface area is 182 Å². The first-order chi connectivity index (χ1) is 15.1. The molecule has 32 heavy (non-hydrogen) atoms. The van der Waals surface area contributed by atoms with E-state index in [9.17, 15) is 27.6 Å². The third-order valence-electron chi connectivity index (χ3n) is 5.18. The molecule has 0 saturated carbocycles. The van der Waals surface area contributed by atoms with Gasteiger partial charge in [-0.2, -0.15) is 18.4 Å². The van der Waals surface area contributed by atoms with Crippen LogP contribution in [0.5, 0.6) is 0 Å². The Hall–Kier alpha value is -3.61. The van der Waals surface area contributed by atoms with E-state index in [1.807, 2.05) is 0 Å². The van der Waals surface area contributed by atoms with Crippen LogP contribution in [0.25, 0.3) is 0 Å². The number of nitrogens with one attached hydrogen (secondary N) is 1. The molecule has 1 amide bonds. The molecule has 168 valence electrons. The number of likely N-dealkylation sites (N-methyl/N-ethyl adjacent to an activating group) is 1. The summed E-state index contributed by atoms with van der Waals surface area (Å²) in [6, 6.07) is 5.70. The maximum atomic E-state index is 14.6. The SMILES string of the molecule is C=CCN1CCC(Nc2nc(C)cc(C(F)(F)F)c2C#N)C(=O)N(C)c2cccc(F)c21. The van der Waals surface area contributed by atoms with Crippen LogP contribution in [0, 0.1) is 24.1 Å². The van der Waals surface area contributed by atoms with E-state index in [2.05, 4.69) is 16.9 Å². The molecule has 1 unspecified atom stereocenters. The van der Waals surface area contributed by atoms with Gasteiger partial charge >= 0.3 is 6.18 Å². The second-order valence-corrected chi connectivity index (χ2v) is 7.37. The molecule has 10 heteroatoms. The summed E-state index contributed by atoms with van der Waals surface area (Å²) in [5.41, 5.74) is -1.20. The molecule has 1 N–H and O–H groups in total. The Kier molecular flexibility index (Phi) is 6.39. The molecule has 1 atom stereocenters. The molecule has 1 aromatic heterocycles. The normalized spacial score (nSPS) is 16.7. The van der Waals surface area contributed by atoms with Crippen LogP contribution in [0.4, 0.5) is 34.8 Å². The second kappa shape index (κ2) is 8.86. The highest BCUT2D eigenvalue weighted by Gasteiger charge is 2.37. The molecule has 1 aromatic carbocycles. The monoisotopic (exact) mass is 447 g/mol. The molecule has 2 aromatic rings. The number of nitriles is 1. The van der Waals surface area contributed by atoms with Crippen LogP contribution >= 0.6 is 0 Å². The molecule has 0 saturated heterocycles. The van der Waals surface area contributed by atoms with Crippen LogP contribution in [0.1, 0.15) is 23.2 Å². The molecule has 0 radical (unpaired) electrons. The molecule has 0 bridgehead atoms. The smallest absolute Gasteiger partial charge is 0.364 e. The minimum absolute atomic E-state index is 0.0474. The lowest BCUT2D eigenvalue weighted by Gasteiger charge is -2.35. The van der Waals surface area contributed by atoms with Crippen molar-refractivity contribution < 1.29 is 22.4 Å². The number of para-hydroxylation sites is 1. The van der Waals surface area contributed by atoms with Gasteiger partial charge in [-0.15, -0.1) is 6.58 Å². The first-order valence-corrected chi connectivity index (χ1v) is 9.75. The number of pyridine rings is 1. The lowest BCUT2D eigenvalue weighted by Crippen LogP contribution is -2.46. The van der Waals surface area contributed by atoms with Crippen molar-refractivity contribution in [3.05, 3.63) is 59.6 Å². The predicted octanol–water partition coefficient (Wildman–Crippen LogP) is 4.26. The average Bonchev–Trinajstić information content (AvgIpc) is 2.73. The number of carbonyl (C=O) groups is 1. The van der Waals surface area contributed by atoms with Gasteiger partial charge in [-0.05, 0) is 31.5 Å². The quantitative estimate of drug-likeness (QED) is 0.560. The van der Waals surface area contributed by atoms with E-state index in [4.69, 9.17) is 0 Å². The number of aryl methyl sites for hydroxylation is 1. The molecule has 1 aliphatic heterocycles. The number of alkyl halides is 3. The average molecular weight is 447 g/mol. The van der Waals surface area contributed by atoms with E-state index in [0.717, 1.165) is 6.07 Å². The van der Waals surface area contributed by atoms with Gasteiger partial charge < -0.3 is 15.1 Å². The van der Waals surface area contributed by atoms with Gasteiger partial charge in [-0.3, -0.25) is 4.79 Å². The van der Waals surface area contributed by atoms with Gasteiger partial charge in [0, 0.05) is 25.8 Å². The summed E-state index contributed by atoms with van der Waals surface area (Å²) in [6.07, 6.45) is -3.03. The molecular weight excluding hydrogens is 426 g/mol. The highest BCUT2D eigenvalue weighted by molar-refractivity contribution is 6.01. The Morgan fingerprint density at radius 2 is 2.12 bits per heavy atom. The van der Waals surface area contributed by atoms with E-state index in [1.54, 1.807) is 23.1 Å². The molecular formula is C22H21F4N5O. The van der Waals surface area contributed by atoms with Crippen molar-refractivity contribution in [1.82, 2.24) is 4.98 Å². The van der Waals surface area contributed by atoms with Gasteiger partial charge in [0.05, 0.1) is 16.9 Å². The van der Waals surface area contributed by atoms with E-state index in [1.165, 1.54) is 31.0 Å². The summed E-state index contributed by atoms with van der Waals surface area (Å²) >= 11 is 0. The van der Waals surface area contributed by atoms with Crippen LogP contribution in [-0.2, 0) is 11.0 Å². The number of hydrogen-bond donors (Lipinski definition) is 1. The molecule has 1 aliphatic rings. The van der Waals surface area contributed by atoms with E-state index >= 15 is 0 Å². The van der Waals surface area contributed by atoms with Crippen LogP contribution in [0.2, 0.25) is 0 Å². The number of aromatic nitrogens is 1. The van der Waals surface area contributed by atoms with Crippen molar-refractivity contribution in [2.75, 3.05) is 35.3 Å². The summed E-state index contributed by atoms with van der Waals surface area (Å²) in [5.74, 6) is -1.31. The third kappa shape index (κ3) is 4.37. The number of hydrogen-bond acceptors (Lipinski definition) is 5. The topological polar surface area (TPSA) is 72.3 Å². The Balaban J connectivity index is 2.05. The fourth-order valence-electron chi connectivity index (χ4n) is 3.71. The minimum atomic E-state index is -4.76. The highest BCUT2D eigenvalue weighted by atomic mass is 19.4. The summed E-state index contributed by atoms with van der Waals surface area (Å²) in [5, 5.41) is 12.1. The van der Waals surface area contributed by atoms with Crippen molar-refractivity contribution >= 4 is 23.1 Å². The van der Waals surface area contributed by atoms with Gasteiger partial charge in [0.1, 0.15) is 29.3 Å². The maximum Gasteiger partial charge on any atom is 0.417 e. The van der Waals surface area contributed by atoms with Crippen molar-refractivity contribution in [2.45, 2.75) is 25.6 Å². The summed E-state index contributed by atoms with van der Waals surface area (Å²) in [7, 11) is 1.46. The standard InChI is InChI=1S/C22H21F4N5O/c1-4-9-31-10-8-17(21(32)30(3)18-7-5-6-16(23)19(18)31)29-20-14(12-27)15(22(24,25)26)11-13(2)28-20/h4-7,11,17H,1,8-10H2,2-3H3,(H,28,29). The van der Waals surface area contributed by atoms with Crippen molar-refractivity contribution in [3.63, 3.8) is 0 Å². The highest BCUT2D eigenvalue weighted by Crippen LogP contribution is 2.37. The molecule has 0 fully saturated rings. The van der Waals surface area contributed by atoms with Crippen LogP contribution in [0.3, 0.4) is 0 Å². The van der Waals surface area contributed by atoms with Gasteiger partial charge in [-0.25, -0.2) is 9.37 Å². The molecule has 2 heterocycles. The fourth-order valence-corrected chi connectivity index (χ4v) is 3.71. The molecule has 3 rings (SSSR count). The number of halogens is 4. The largest absolute Gasteiger partial charge is 0.417 e. The zero-order chi connectivity index (χ0) is 23.6. The van der Waals surface area contributed by atoms with Crippen molar-refractivity contribution in [3.8, 4) is 6.07 Å². The number of anilines is 3. The molecule has 0 aliphatic carbocycles. The molecule has 6 nitrogen and oxygen atoms in total. The number of rotatable bonds is 4. The predicted molar refractivity (Wildman–Crippen MR) is 113 cm³/mol. The van der Waals surface area contributed by atoms with Gasteiger partial charge in [0.2, 0.25) is 5.91 Å². The number of benzene rings is 1. The Morgan fingerprint density at radius 3 is 2.75 bits per heavy atom. The Morgan fingerprint density at radius 1 is 1.41 bits per heavy atom. The second-order valence-electron chi connectivity index (χ2n) is 7.37. The summed E-state index contributed by atoms with van der Waals surface area (Å²) in [4.78, 5) is 20.2. The van der Waals surface area contributed by atoms with Crippen LogP contribution in [0.15, 0.2) is 36.9 Å². The van der Waals surface area contributed by atoms with Crippen LogP contribution in [-0.4, -0.2) is 37.1 Å². The van der Waals surface area contributed by atoms with Gasteiger partial charge in [-0.1, -0.05) is 12.1 Å². The van der Waals surface area contributed by atoms with E-state index in [0.29, 0.717) is 12.2 Å². The van der Waals surface area contributed by atoms with E-state index in [-0.39, 0.29) is 30.2 Å². The zero-order valence-corrected chi connectivity index (χ0v) is 17.5.